The number of aromatic hydroxyl groups is 1. The molecule has 1 heterocycles. The third kappa shape index (κ3) is 2.47. The van der Waals surface area contributed by atoms with Gasteiger partial charge in [-0.25, -0.2) is 0 Å². The van der Waals surface area contributed by atoms with Crippen LogP contribution in [0.5, 0.6) is 5.75 Å². The third-order valence-electron chi connectivity index (χ3n) is 1.49. The summed E-state index contributed by atoms with van der Waals surface area (Å²) in [6.07, 6.45) is 1.34. The van der Waals surface area contributed by atoms with E-state index in [0.717, 1.165) is 6.07 Å². The molecule has 0 aliphatic rings. The number of pyridine rings is 1. The minimum absolute atomic E-state index is 0.155. The van der Waals surface area contributed by atoms with Gasteiger partial charge in [0.1, 0.15) is 5.75 Å². The van der Waals surface area contributed by atoms with Crippen LogP contribution in [0.15, 0.2) is 17.1 Å². The predicted octanol–water partition coefficient (Wildman–Crippen LogP) is 1.35. The summed E-state index contributed by atoms with van der Waals surface area (Å²) in [7, 11) is 0. The summed E-state index contributed by atoms with van der Waals surface area (Å²) in [5, 5.41) is 9.30. The van der Waals surface area contributed by atoms with Gasteiger partial charge in [-0.05, 0) is 6.92 Å². The van der Waals surface area contributed by atoms with Crippen molar-refractivity contribution in [3.8, 4) is 5.75 Å². The Hall–Kier alpha value is -1.00. The largest absolute Gasteiger partial charge is 0.507 e. The molecular formula is C8H10ClNO3. The van der Waals surface area contributed by atoms with Gasteiger partial charge < -0.3 is 14.8 Å². The van der Waals surface area contributed by atoms with Crippen molar-refractivity contribution in [1.29, 1.82) is 0 Å². The van der Waals surface area contributed by atoms with Crippen molar-refractivity contribution >= 4 is 11.6 Å². The highest BCUT2D eigenvalue weighted by Crippen LogP contribution is 2.27. The summed E-state index contributed by atoms with van der Waals surface area (Å²) in [6.45, 7) is 2.23. The molecule has 1 atom stereocenters. The molecule has 0 amide bonds. The summed E-state index contributed by atoms with van der Waals surface area (Å²) in [6, 6.07) is 1.06. The quantitative estimate of drug-likeness (QED) is 0.729. The van der Waals surface area contributed by atoms with E-state index >= 15 is 0 Å². The van der Waals surface area contributed by atoms with Gasteiger partial charge in [0.25, 0.3) is 5.56 Å². The predicted molar refractivity (Wildman–Crippen MR) is 48.9 cm³/mol. The molecule has 2 N–H and O–H groups in total. The summed E-state index contributed by atoms with van der Waals surface area (Å²) in [5.41, 5.74) is -0.744. The van der Waals surface area contributed by atoms with Crippen molar-refractivity contribution in [3.63, 3.8) is 0 Å². The Balaban J connectivity index is 2.94. The molecule has 13 heavy (non-hydrogen) atoms. The second-order valence-corrected chi connectivity index (χ2v) is 2.81. The molecule has 0 bridgehead atoms. The maximum Gasteiger partial charge on any atom is 0.251 e. The molecule has 0 aromatic carbocycles. The van der Waals surface area contributed by atoms with Crippen LogP contribution in [0.25, 0.3) is 0 Å². The summed E-state index contributed by atoms with van der Waals surface area (Å²) >= 11 is 5.76. The maximum atomic E-state index is 10.7. The molecule has 1 unspecified atom stereocenters. The Kier molecular flexibility index (Phi) is 3.33. The van der Waals surface area contributed by atoms with Crippen LogP contribution in [0, 0.1) is 0 Å². The Morgan fingerprint density at radius 1 is 1.77 bits per heavy atom. The van der Waals surface area contributed by atoms with Crippen LogP contribution in [0.3, 0.4) is 0 Å². The zero-order chi connectivity index (χ0) is 9.84. The first-order valence-corrected chi connectivity index (χ1v) is 4.26. The monoisotopic (exact) mass is 203 g/mol. The van der Waals surface area contributed by atoms with Crippen LogP contribution in [-0.4, -0.2) is 16.7 Å². The van der Waals surface area contributed by atoms with Crippen molar-refractivity contribution in [3.05, 3.63) is 28.2 Å². The number of halogens is 1. The fraction of sp³-hybridized carbons (Fsp3) is 0.375. The van der Waals surface area contributed by atoms with E-state index in [1.54, 1.807) is 6.92 Å². The number of alkyl halides is 1. The molecular weight excluding hydrogens is 194 g/mol. The average Bonchev–Trinajstić information content (AvgIpc) is 2.04. The highest BCUT2D eigenvalue weighted by Gasteiger charge is 2.12. The molecule has 0 fully saturated rings. The smallest absolute Gasteiger partial charge is 0.251 e. The van der Waals surface area contributed by atoms with E-state index in [9.17, 15) is 9.90 Å². The normalized spacial score (nSPS) is 12.8. The van der Waals surface area contributed by atoms with Gasteiger partial charge in [-0.2, -0.15) is 0 Å². The molecule has 0 aliphatic carbocycles. The standard InChI is InChI=1S/C8H10ClNO3/c1-2-13-8(9)5-4-10-7(12)3-6(5)11/h3-4,8H,2H2,1H3,(H2,10,11,12). The molecule has 4 nitrogen and oxygen atoms in total. The van der Waals surface area contributed by atoms with E-state index in [0.29, 0.717) is 12.2 Å². The van der Waals surface area contributed by atoms with Crippen LogP contribution in [0.4, 0.5) is 0 Å². The Morgan fingerprint density at radius 3 is 3.00 bits per heavy atom. The summed E-state index contributed by atoms with van der Waals surface area (Å²) in [5.74, 6) is -0.155. The first kappa shape index (κ1) is 10.1. The number of ether oxygens (including phenoxy) is 1. The SMILES string of the molecule is CCOC(Cl)c1c[nH]c(=O)cc1O. The molecule has 1 aromatic rings. The second-order valence-electron chi connectivity index (χ2n) is 2.41. The highest BCUT2D eigenvalue weighted by atomic mass is 35.5. The molecule has 0 spiro atoms. The Labute approximate surface area is 80.1 Å². The Bertz CT molecular complexity index is 336. The molecule has 5 heteroatoms. The fourth-order valence-corrected chi connectivity index (χ4v) is 1.19. The van der Waals surface area contributed by atoms with Crippen molar-refractivity contribution in [2.24, 2.45) is 0 Å². The first-order chi connectivity index (χ1) is 6.15. The van der Waals surface area contributed by atoms with Crippen LogP contribution >= 0.6 is 11.6 Å². The molecule has 0 saturated heterocycles. The van der Waals surface area contributed by atoms with Crippen molar-refractivity contribution < 1.29 is 9.84 Å². The number of nitrogens with one attached hydrogen (secondary N) is 1. The van der Waals surface area contributed by atoms with Crippen LogP contribution in [0.1, 0.15) is 18.1 Å². The van der Waals surface area contributed by atoms with Crippen molar-refractivity contribution in [1.82, 2.24) is 4.98 Å². The lowest BCUT2D eigenvalue weighted by molar-refractivity contribution is 0.118. The zero-order valence-electron chi connectivity index (χ0n) is 7.08. The van der Waals surface area contributed by atoms with Gasteiger partial charge in [0.2, 0.25) is 0 Å². The maximum absolute atomic E-state index is 10.7. The molecule has 1 aromatic heterocycles. The number of rotatable bonds is 3. The van der Waals surface area contributed by atoms with Gasteiger partial charge in [0.05, 0.1) is 5.56 Å². The summed E-state index contributed by atoms with van der Waals surface area (Å²) < 4.78 is 5.03. The highest BCUT2D eigenvalue weighted by molar-refractivity contribution is 6.20. The van der Waals surface area contributed by atoms with E-state index < -0.39 is 5.56 Å². The van der Waals surface area contributed by atoms with Gasteiger partial charge in [0, 0.05) is 18.9 Å². The van der Waals surface area contributed by atoms with Gasteiger partial charge in [-0.3, -0.25) is 4.79 Å². The first-order valence-electron chi connectivity index (χ1n) is 3.82. The van der Waals surface area contributed by atoms with Crippen molar-refractivity contribution in [2.45, 2.75) is 12.5 Å². The lowest BCUT2D eigenvalue weighted by Gasteiger charge is -2.10. The lowest BCUT2D eigenvalue weighted by Crippen LogP contribution is -2.06. The van der Waals surface area contributed by atoms with Crippen molar-refractivity contribution in [2.75, 3.05) is 6.61 Å². The third-order valence-corrected chi connectivity index (χ3v) is 1.85. The average molecular weight is 204 g/mol. The van der Waals surface area contributed by atoms with Crippen LogP contribution in [-0.2, 0) is 4.74 Å². The molecule has 1 rings (SSSR count). The minimum atomic E-state index is -0.734. The van der Waals surface area contributed by atoms with E-state index in [1.165, 1.54) is 6.20 Å². The van der Waals surface area contributed by atoms with Crippen LogP contribution < -0.4 is 5.56 Å². The van der Waals surface area contributed by atoms with E-state index in [4.69, 9.17) is 16.3 Å². The van der Waals surface area contributed by atoms with Crippen LogP contribution in [0.2, 0.25) is 0 Å². The number of aromatic nitrogens is 1. The molecule has 0 aliphatic heterocycles. The van der Waals surface area contributed by atoms with Gasteiger partial charge in [-0.15, -0.1) is 0 Å². The Morgan fingerprint density at radius 2 is 2.46 bits per heavy atom. The van der Waals surface area contributed by atoms with E-state index in [2.05, 4.69) is 4.98 Å². The molecule has 72 valence electrons. The zero-order valence-corrected chi connectivity index (χ0v) is 7.84. The molecule has 0 radical (unpaired) electrons. The van der Waals surface area contributed by atoms with E-state index in [-0.39, 0.29) is 11.3 Å². The number of H-pyrrole nitrogens is 1. The fourth-order valence-electron chi connectivity index (χ4n) is 0.890. The van der Waals surface area contributed by atoms with E-state index in [1.807, 2.05) is 0 Å². The summed E-state index contributed by atoms with van der Waals surface area (Å²) in [4.78, 5) is 13.1. The number of aromatic amines is 1. The number of hydrogen-bond donors (Lipinski definition) is 2. The van der Waals surface area contributed by atoms with Gasteiger partial charge >= 0.3 is 0 Å². The lowest BCUT2D eigenvalue weighted by atomic mass is 10.3. The van der Waals surface area contributed by atoms with Gasteiger partial charge in [0.15, 0.2) is 5.56 Å². The topological polar surface area (TPSA) is 62.3 Å². The van der Waals surface area contributed by atoms with Gasteiger partial charge in [-0.1, -0.05) is 11.6 Å². The minimum Gasteiger partial charge on any atom is -0.507 e. The number of hydrogen-bond acceptors (Lipinski definition) is 3. The second kappa shape index (κ2) is 4.30. The molecule has 0 saturated carbocycles.